The van der Waals surface area contributed by atoms with Crippen molar-refractivity contribution in [2.45, 2.75) is 19.5 Å². The zero-order valence-electron chi connectivity index (χ0n) is 7.43. The zero-order valence-corrected chi connectivity index (χ0v) is 7.43. The lowest BCUT2D eigenvalue weighted by atomic mass is 10.1. The number of carbonyl (C=O) groups is 1. The Bertz CT molecular complexity index is 346. The number of alkyl halides is 3. The van der Waals surface area contributed by atoms with E-state index in [1.54, 1.807) is 6.92 Å². The number of carbonyl (C=O) groups excluding carboxylic acids is 1. The number of hydrogen-bond acceptors (Lipinski definition) is 2. The van der Waals surface area contributed by atoms with Crippen molar-refractivity contribution in [3.05, 3.63) is 29.6 Å². The van der Waals surface area contributed by atoms with Crippen molar-refractivity contribution >= 4 is 5.78 Å². The number of pyridine rings is 1. The molecule has 76 valence electrons. The molecule has 1 heterocycles. The molecule has 1 aromatic heterocycles. The van der Waals surface area contributed by atoms with E-state index in [1.807, 2.05) is 0 Å². The van der Waals surface area contributed by atoms with Crippen LogP contribution in [0, 0.1) is 0 Å². The summed E-state index contributed by atoms with van der Waals surface area (Å²) < 4.78 is 36.5. The number of aromatic nitrogens is 1. The van der Waals surface area contributed by atoms with Crippen LogP contribution in [-0.4, -0.2) is 10.8 Å². The fourth-order valence-electron chi connectivity index (χ4n) is 0.963. The van der Waals surface area contributed by atoms with Gasteiger partial charge in [0, 0.05) is 18.2 Å². The van der Waals surface area contributed by atoms with Gasteiger partial charge >= 0.3 is 6.18 Å². The molecule has 0 saturated carbocycles. The number of ketones is 1. The summed E-state index contributed by atoms with van der Waals surface area (Å²) in [6.45, 7) is 1.59. The lowest BCUT2D eigenvalue weighted by molar-refractivity contribution is -0.141. The molecule has 2 nitrogen and oxygen atoms in total. The van der Waals surface area contributed by atoms with Crippen LogP contribution in [0.15, 0.2) is 18.3 Å². The molecule has 14 heavy (non-hydrogen) atoms. The van der Waals surface area contributed by atoms with Crippen molar-refractivity contribution in [2.24, 2.45) is 0 Å². The van der Waals surface area contributed by atoms with E-state index in [9.17, 15) is 18.0 Å². The van der Waals surface area contributed by atoms with Gasteiger partial charge in [-0.25, -0.2) is 0 Å². The third-order valence-electron chi connectivity index (χ3n) is 1.69. The Balaban J connectivity index is 3.08. The average Bonchev–Trinajstić information content (AvgIpc) is 2.15. The van der Waals surface area contributed by atoms with Crippen LogP contribution in [0.2, 0.25) is 0 Å². The van der Waals surface area contributed by atoms with E-state index in [1.165, 1.54) is 6.07 Å². The van der Waals surface area contributed by atoms with Crippen LogP contribution in [0.25, 0.3) is 0 Å². The van der Waals surface area contributed by atoms with Crippen molar-refractivity contribution in [1.82, 2.24) is 4.98 Å². The molecule has 0 N–H and O–H groups in total. The predicted molar refractivity (Wildman–Crippen MR) is 43.9 cm³/mol. The molecular weight excluding hydrogens is 195 g/mol. The predicted octanol–water partition coefficient (Wildman–Crippen LogP) is 2.69. The van der Waals surface area contributed by atoms with Crippen LogP contribution in [0.5, 0.6) is 0 Å². The molecule has 0 fully saturated rings. The molecule has 0 bridgehead atoms. The van der Waals surface area contributed by atoms with Gasteiger partial charge in [0.15, 0.2) is 5.78 Å². The molecule has 0 unspecified atom stereocenters. The van der Waals surface area contributed by atoms with Crippen molar-refractivity contribution in [2.75, 3.05) is 0 Å². The molecule has 0 radical (unpaired) electrons. The maximum atomic E-state index is 12.2. The molecule has 0 saturated heterocycles. The van der Waals surface area contributed by atoms with Crippen LogP contribution in [0.3, 0.4) is 0 Å². The zero-order chi connectivity index (χ0) is 10.8. The van der Waals surface area contributed by atoms with Crippen LogP contribution in [-0.2, 0) is 6.18 Å². The van der Waals surface area contributed by atoms with Gasteiger partial charge in [-0.15, -0.1) is 0 Å². The molecule has 0 aliphatic rings. The molecule has 0 aliphatic heterocycles. The van der Waals surface area contributed by atoms with Crippen LogP contribution < -0.4 is 0 Å². The molecule has 5 heteroatoms. The second kappa shape index (κ2) is 3.77. The fraction of sp³-hybridized carbons (Fsp3) is 0.333. The maximum absolute atomic E-state index is 12.2. The Kier molecular flexibility index (Phi) is 2.88. The summed E-state index contributed by atoms with van der Waals surface area (Å²) in [4.78, 5) is 14.2. The summed E-state index contributed by atoms with van der Waals surface area (Å²) in [5.74, 6) is -0.321. The Morgan fingerprint density at radius 3 is 2.64 bits per heavy atom. The number of rotatable bonds is 2. The van der Waals surface area contributed by atoms with Gasteiger partial charge in [0.25, 0.3) is 0 Å². The van der Waals surface area contributed by atoms with E-state index in [2.05, 4.69) is 4.98 Å². The van der Waals surface area contributed by atoms with Crippen LogP contribution in [0.1, 0.15) is 29.4 Å². The fourth-order valence-corrected chi connectivity index (χ4v) is 0.963. The number of Topliss-reactive ketones (excluding diaryl/α,β-unsaturated/α-hetero) is 1. The monoisotopic (exact) mass is 203 g/mol. The highest BCUT2D eigenvalue weighted by Gasteiger charge is 2.32. The van der Waals surface area contributed by atoms with Gasteiger partial charge in [0.1, 0.15) is 5.69 Å². The highest BCUT2D eigenvalue weighted by molar-refractivity contribution is 5.95. The lowest BCUT2D eigenvalue weighted by Crippen LogP contribution is -2.09. The number of hydrogen-bond donors (Lipinski definition) is 0. The molecule has 1 rings (SSSR count). The first-order valence-corrected chi connectivity index (χ1v) is 4.01. The molecule has 0 atom stereocenters. The third-order valence-corrected chi connectivity index (χ3v) is 1.69. The van der Waals surface area contributed by atoms with Gasteiger partial charge in [0.05, 0.1) is 0 Å². The lowest BCUT2D eigenvalue weighted by Gasteiger charge is -2.06. The van der Waals surface area contributed by atoms with E-state index in [0.29, 0.717) is 0 Å². The highest BCUT2D eigenvalue weighted by Crippen LogP contribution is 2.27. The Hall–Kier alpha value is -1.39. The third kappa shape index (κ3) is 2.31. The van der Waals surface area contributed by atoms with Gasteiger partial charge < -0.3 is 0 Å². The van der Waals surface area contributed by atoms with Crippen LogP contribution >= 0.6 is 0 Å². The topological polar surface area (TPSA) is 30.0 Å². The van der Waals surface area contributed by atoms with E-state index in [0.717, 1.165) is 12.3 Å². The van der Waals surface area contributed by atoms with Gasteiger partial charge in [-0.3, -0.25) is 9.78 Å². The van der Waals surface area contributed by atoms with Crippen molar-refractivity contribution in [1.29, 1.82) is 0 Å². The summed E-state index contributed by atoms with van der Waals surface area (Å²) in [5.41, 5.74) is -0.980. The SMILES string of the molecule is CCC(=O)c1ccnc(C(F)(F)F)c1. The van der Waals surface area contributed by atoms with Crippen molar-refractivity contribution in [3.8, 4) is 0 Å². The smallest absolute Gasteiger partial charge is 0.294 e. The highest BCUT2D eigenvalue weighted by atomic mass is 19.4. The number of halogens is 3. The average molecular weight is 203 g/mol. The summed E-state index contributed by atoms with van der Waals surface area (Å²) in [6.07, 6.45) is -3.32. The summed E-state index contributed by atoms with van der Waals surface area (Å²) in [6, 6.07) is 2.05. The minimum atomic E-state index is -4.50. The van der Waals surface area contributed by atoms with E-state index >= 15 is 0 Å². The molecule has 0 spiro atoms. The second-order valence-corrected chi connectivity index (χ2v) is 2.70. The summed E-state index contributed by atoms with van der Waals surface area (Å²) in [7, 11) is 0. The maximum Gasteiger partial charge on any atom is 0.433 e. The molecule has 0 aromatic carbocycles. The van der Waals surface area contributed by atoms with E-state index in [4.69, 9.17) is 0 Å². The molecule has 1 aromatic rings. The van der Waals surface area contributed by atoms with Gasteiger partial charge in [-0.2, -0.15) is 13.2 Å². The largest absolute Gasteiger partial charge is 0.433 e. The first-order valence-electron chi connectivity index (χ1n) is 4.01. The van der Waals surface area contributed by atoms with Gasteiger partial charge in [0.2, 0.25) is 0 Å². The van der Waals surface area contributed by atoms with E-state index in [-0.39, 0.29) is 17.8 Å². The van der Waals surface area contributed by atoms with Crippen molar-refractivity contribution in [3.63, 3.8) is 0 Å². The first kappa shape index (κ1) is 10.7. The minimum absolute atomic E-state index is 0.0508. The Labute approximate surface area is 78.8 Å². The normalized spacial score (nSPS) is 11.4. The number of nitrogens with zero attached hydrogens (tertiary/aromatic N) is 1. The molecule has 0 aliphatic carbocycles. The quantitative estimate of drug-likeness (QED) is 0.691. The van der Waals surface area contributed by atoms with E-state index < -0.39 is 11.9 Å². The first-order chi connectivity index (χ1) is 6.45. The second-order valence-electron chi connectivity index (χ2n) is 2.70. The minimum Gasteiger partial charge on any atom is -0.294 e. The summed E-state index contributed by atoms with van der Waals surface area (Å²) >= 11 is 0. The van der Waals surface area contributed by atoms with Crippen LogP contribution in [0.4, 0.5) is 13.2 Å². The molecule has 0 amide bonds. The van der Waals surface area contributed by atoms with Crippen molar-refractivity contribution < 1.29 is 18.0 Å². The summed E-state index contributed by atoms with van der Waals surface area (Å²) in [5, 5.41) is 0. The Morgan fingerprint density at radius 1 is 1.50 bits per heavy atom. The Morgan fingerprint density at radius 2 is 2.14 bits per heavy atom. The van der Waals surface area contributed by atoms with Gasteiger partial charge in [-0.05, 0) is 12.1 Å². The van der Waals surface area contributed by atoms with Gasteiger partial charge in [-0.1, -0.05) is 6.92 Å². The standard InChI is InChI=1S/C9H8F3NO/c1-2-7(14)6-3-4-13-8(5-6)9(10,11)12/h3-5H,2H2,1H3. The molecular formula is C9H8F3NO.